The molecule has 0 radical (unpaired) electrons. The molecule has 8 rings (SSSR count). The van der Waals surface area contributed by atoms with Gasteiger partial charge in [-0.25, -0.2) is 4.39 Å². The molecular formula is C37H26ClFN4O4. The van der Waals surface area contributed by atoms with Crippen LogP contribution in [0.5, 0.6) is 11.5 Å². The zero-order valence-corrected chi connectivity index (χ0v) is 26.2. The molecule has 4 aromatic carbocycles. The van der Waals surface area contributed by atoms with Crippen LogP contribution < -0.4 is 20.6 Å². The number of benzene rings is 4. The highest BCUT2D eigenvalue weighted by molar-refractivity contribution is 6.31. The first-order chi connectivity index (χ1) is 22.7. The summed E-state index contributed by atoms with van der Waals surface area (Å²) in [5.41, 5.74) is 7.40. The number of hydrogen-bond donors (Lipinski definition) is 4. The van der Waals surface area contributed by atoms with Gasteiger partial charge in [0.25, 0.3) is 11.1 Å². The van der Waals surface area contributed by atoms with Crippen molar-refractivity contribution in [1.82, 2.24) is 19.9 Å². The molecule has 10 heteroatoms. The molecule has 0 unspecified atom stereocenters. The second-order valence-corrected chi connectivity index (χ2v) is 11.9. The highest BCUT2D eigenvalue weighted by Gasteiger charge is 2.21. The number of rotatable bonds is 5. The van der Waals surface area contributed by atoms with E-state index in [1.807, 2.05) is 48.5 Å². The Morgan fingerprint density at radius 3 is 2.11 bits per heavy atom. The molecule has 0 bridgehead atoms. The third-order valence-corrected chi connectivity index (χ3v) is 9.03. The predicted molar refractivity (Wildman–Crippen MR) is 186 cm³/mol. The molecule has 4 heterocycles. The van der Waals surface area contributed by atoms with Crippen molar-refractivity contribution >= 4 is 55.5 Å². The maximum atomic E-state index is 15.4. The van der Waals surface area contributed by atoms with Gasteiger partial charge in [0.2, 0.25) is 0 Å². The van der Waals surface area contributed by atoms with E-state index in [1.54, 1.807) is 44.4 Å². The Balaban J connectivity index is 1.33. The second kappa shape index (κ2) is 10.6. The lowest BCUT2D eigenvalue weighted by Gasteiger charge is -2.13. The number of aromatic nitrogens is 4. The first-order valence-electron chi connectivity index (χ1n) is 14.8. The van der Waals surface area contributed by atoms with E-state index in [-0.39, 0.29) is 11.1 Å². The number of hydrogen-bond acceptors (Lipinski definition) is 4. The van der Waals surface area contributed by atoms with E-state index >= 15 is 4.39 Å². The minimum atomic E-state index is -0.881. The Bertz CT molecular complexity index is 2700. The van der Waals surface area contributed by atoms with Crippen molar-refractivity contribution < 1.29 is 13.9 Å². The van der Waals surface area contributed by atoms with E-state index in [1.165, 1.54) is 7.11 Å². The van der Waals surface area contributed by atoms with Gasteiger partial charge < -0.3 is 29.4 Å². The van der Waals surface area contributed by atoms with E-state index in [0.717, 1.165) is 44.1 Å². The first-order valence-corrected chi connectivity index (χ1v) is 15.2. The molecule has 0 aliphatic heterocycles. The summed E-state index contributed by atoms with van der Waals surface area (Å²) in [6.07, 6.45) is 0. The zero-order valence-electron chi connectivity index (χ0n) is 25.4. The van der Waals surface area contributed by atoms with Gasteiger partial charge in [0.1, 0.15) is 11.5 Å². The fraction of sp³-hybridized carbons (Fsp3) is 0.0811. The van der Waals surface area contributed by atoms with Gasteiger partial charge >= 0.3 is 0 Å². The van der Waals surface area contributed by atoms with Gasteiger partial charge in [-0.2, -0.15) is 0 Å². The van der Waals surface area contributed by atoms with E-state index in [9.17, 15) is 9.59 Å². The normalized spacial score (nSPS) is 11.7. The van der Waals surface area contributed by atoms with Crippen molar-refractivity contribution in [1.29, 1.82) is 0 Å². The Morgan fingerprint density at radius 2 is 1.30 bits per heavy atom. The van der Waals surface area contributed by atoms with Gasteiger partial charge in [-0.3, -0.25) is 9.59 Å². The maximum absolute atomic E-state index is 15.4. The molecule has 47 heavy (non-hydrogen) atoms. The number of H-pyrrole nitrogens is 4. The zero-order chi connectivity index (χ0) is 32.6. The van der Waals surface area contributed by atoms with Crippen LogP contribution in [0.15, 0.2) is 88.5 Å². The van der Waals surface area contributed by atoms with E-state index in [2.05, 4.69) is 19.9 Å². The SMILES string of the molecule is COc1cc(-c2ccc3c(c2)[nH]c2c(-c4cccc(OC)c4)c(F)c(=O)[nH]c23)cc(-c2c(C)c(=O)[nH]c3c2[nH]c2ccc(Cl)cc23)c1. The van der Waals surface area contributed by atoms with Crippen LogP contribution in [-0.2, 0) is 0 Å². The molecule has 0 saturated heterocycles. The third kappa shape index (κ3) is 4.50. The Morgan fingerprint density at radius 1 is 0.596 bits per heavy atom. The summed E-state index contributed by atoms with van der Waals surface area (Å²) in [6.45, 7) is 1.79. The van der Waals surface area contributed by atoms with Gasteiger partial charge in [-0.05, 0) is 83.8 Å². The largest absolute Gasteiger partial charge is 0.497 e. The Hall–Kier alpha value is -5.80. The van der Waals surface area contributed by atoms with Crippen LogP contribution in [0.3, 0.4) is 0 Å². The summed E-state index contributed by atoms with van der Waals surface area (Å²) in [4.78, 5) is 38.5. The Labute approximate surface area is 270 Å². The van der Waals surface area contributed by atoms with Crippen molar-refractivity contribution in [3.63, 3.8) is 0 Å². The van der Waals surface area contributed by atoms with Crippen molar-refractivity contribution in [3.8, 4) is 44.9 Å². The lowest BCUT2D eigenvalue weighted by molar-refractivity contribution is 0.415. The Kier molecular flexibility index (Phi) is 6.49. The van der Waals surface area contributed by atoms with Crippen LogP contribution in [0.4, 0.5) is 4.39 Å². The molecule has 8 nitrogen and oxygen atoms in total. The van der Waals surface area contributed by atoms with Crippen molar-refractivity contribution in [2.24, 2.45) is 0 Å². The molecule has 0 fully saturated rings. The minimum Gasteiger partial charge on any atom is -0.497 e. The third-order valence-electron chi connectivity index (χ3n) is 8.79. The van der Waals surface area contributed by atoms with Gasteiger partial charge in [-0.15, -0.1) is 0 Å². The number of pyridine rings is 2. The van der Waals surface area contributed by atoms with Crippen molar-refractivity contribution in [3.05, 3.63) is 116 Å². The first kappa shape index (κ1) is 28.7. The van der Waals surface area contributed by atoms with Gasteiger partial charge in [0.05, 0.1) is 36.3 Å². The van der Waals surface area contributed by atoms with E-state index < -0.39 is 11.4 Å². The summed E-state index contributed by atoms with van der Waals surface area (Å²) in [6, 6.07) is 24.1. The predicted octanol–water partition coefficient (Wildman–Crippen LogP) is 8.45. The van der Waals surface area contributed by atoms with Crippen LogP contribution in [0.2, 0.25) is 5.02 Å². The lowest BCUT2D eigenvalue weighted by atomic mass is 9.95. The second-order valence-electron chi connectivity index (χ2n) is 11.5. The van der Waals surface area contributed by atoms with Crippen LogP contribution in [0.1, 0.15) is 5.56 Å². The minimum absolute atomic E-state index is 0.164. The van der Waals surface area contributed by atoms with Crippen LogP contribution in [0.25, 0.3) is 77.3 Å². The summed E-state index contributed by atoms with van der Waals surface area (Å²) in [5.74, 6) is 0.272. The fourth-order valence-corrected chi connectivity index (χ4v) is 6.69. The number of fused-ring (bicyclic) bond motifs is 6. The quantitative estimate of drug-likeness (QED) is 0.150. The number of ether oxygens (including phenoxy) is 2. The van der Waals surface area contributed by atoms with Gasteiger partial charge in [0.15, 0.2) is 5.82 Å². The fourth-order valence-electron chi connectivity index (χ4n) is 6.51. The van der Waals surface area contributed by atoms with Crippen LogP contribution in [-0.4, -0.2) is 34.2 Å². The molecule has 0 spiro atoms. The van der Waals surface area contributed by atoms with E-state index in [4.69, 9.17) is 21.1 Å². The molecule has 0 amide bonds. The molecule has 0 atom stereocenters. The number of halogens is 2. The van der Waals surface area contributed by atoms with Gasteiger partial charge in [0, 0.05) is 43.5 Å². The molecule has 0 aliphatic carbocycles. The van der Waals surface area contributed by atoms with Crippen LogP contribution >= 0.6 is 11.6 Å². The average Bonchev–Trinajstić information content (AvgIpc) is 3.62. The molecular weight excluding hydrogens is 619 g/mol. The highest BCUT2D eigenvalue weighted by atomic mass is 35.5. The van der Waals surface area contributed by atoms with Crippen molar-refractivity contribution in [2.45, 2.75) is 6.92 Å². The highest BCUT2D eigenvalue weighted by Crippen LogP contribution is 2.39. The standard InChI is InChI=1S/C37H26ClFN4O4/c1-17-29(34-33(42-36(17)44)26-16-22(38)8-10-27(26)40-34)21-11-20(13-24(14-21)47-3)18-7-9-25-28(15-18)41-35-30(31(39)37(45)43-32(25)35)19-5-4-6-23(12-19)46-2/h4-16,40-41H,1-3H3,(H,42,44)(H,43,45). The molecule has 0 aliphatic rings. The summed E-state index contributed by atoms with van der Waals surface area (Å²) in [7, 11) is 3.13. The molecule has 8 aromatic rings. The van der Waals surface area contributed by atoms with Gasteiger partial charge in [-0.1, -0.05) is 35.9 Å². The summed E-state index contributed by atoms with van der Waals surface area (Å²) < 4.78 is 26.5. The number of nitrogens with one attached hydrogen (secondary N) is 4. The monoisotopic (exact) mass is 644 g/mol. The molecule has 4 aromatic heterocycles. The topological polar surface area (TPSA) is 116 Å². The smallest absolute Gasteiger partial charge is 0.285 e. The molecule has 0 saturated carbocycles. The van der Waals surface area contributed by atoms with E-state index in [0.29, 0.717) is 49.7 Å². The molecule has 232 valence electrons. The lowest BCUT2D eigenvalue weighted by Crippen LogP contribution is -2.12. The number of methoxy groups -OCH3 is 2. The average molecular weight is 645 g/mol. The molecule has 4 N–H and O–H groups in total. The van der Waals surface area contributed by atoms with Crippen molar-refractivity contribution in [2.75, 3.05) is 14.2 Å². The van der Waals surface area contributed by atoms with Crippen LogP contribution in [0, 0.1) is 12.7 Å². The summed E-state index contributed by atoms with van der Waals surface area (Å²) >= 11 is 6.30. The summed E-state index contributed by atoms with van der Waals surface area (Å²) in [5, 5.41) is 2.12. The number of aromatic amines is 4. The maximum Gasteiger partial charge on any atom is 0.285 e.